The Morgan fingerprint density at radius 2 is 1.79 bits per heavy atom. The van der Waals surface area contributed by atoms with Gasteiger partial charge in [0.15, 0.2) is 0 Å². The van der Waals surface area contributed by atoms with Crippen molar-refractivity contribution in [2.45, 2.75) is 32.0 Å². The average Bonchev–Trinajstić information content (AvgIpc) is 1.99. The molecule has 0 aromatic carbocycles. The van der Waals surface area contributed by atoms with E-state index in [0.717, 1.165) is 6.42 Å². The Balaban J connectivity index is 4.17. The normalized spacial score (nSPS) is 15.1. The fourth-order valence-corrected chi connectivity index (χ4v) is 3.17. The molecule has 86 valence electrons. The van der Waals surface area contributed by atoms with E-state index in [1.165, 1.54) is 4.31 Å². The molecule has 0 saturated carbocycles. The summed E-state index contributed by atoms with van der Waals surface area (Å²) in [6.07, 6.45) is 0.726. The summed E-state index contributed by atoms with van der Waals surface area (Å²) in [4.78, 5) is 0.196. The topological polar surface area (TPSA) is 37.4 Å². The molecule has 0 spiro atoms. The molecule has 0 aliphatic carbocycles. The van der Waals surface area contributed by atoms with Crippen molar-refractivity contribution in [3.8, 4) is 0 Å². The van der Waals surface area contributed by atoms with Crippen molar-refractivity contribution in [3.05, 3.63) is 0 Å². The number of rotatable bonds is 6. The van der Waals surface area contributed by atoms with E-state index in [1.54, 1.807) is 7.05 Å². The molecule has 0 aliphatic rings. The molecule has 1 atom stereocenters. The lowest BCUT2D eigenvalue weighted by atomic mass is 10.2. The molecule has 14 heavy (non-hydrogen) atoms. The van der Waals surface area contributed by atoms with Gasteiger partial charge in [-0.25, -0.2) is 12.7 Å². The molecule has 0 amide bonds. The number of halogens is 1. The van der Waals surface area contributed by atoms with Crippen LogP contribution < -0.4 is 0 Å². The van der Waals surface area contributed by atoms with E-state index >= 15 is 0 Å². The zero-order valence-electron chi connectivity index (χ0n) is 9.33. The smallest absolute Gasteiger partial charge is 0.212 e. The summed E-state index contributed by atoms with van der Waals surface area (Å²) in [7, 11) is -1.41. The predicted octanol–water partition coefficient (Wildman–Crippen LogP) is 2.08. The van der Waals surface area contributed by atoms with Gasteiger partial charge >= 0.3 is 0 Å². The first-order valence-corrected chi connectivity index (χ1v) is 7.36. The summed E-state index contributed by atoms with van der Waals surface area (Å²) in [5.41, 5.74) is 0. The fraction of sp³-hybridized carbons (Fsp3) is 1.00. The van der Waals surface area contributed by atoms with Crippen LogP contribution in [0.3, 0.4) is 0 Å². The van der Waals surface area contributed by atoms with E-state index in [0.29, 0.717) is 12.5 Å². The third-order valence-corrected chi connectivity index (χ3v) is 4.08. The van der Waals surface area contributed by atoms with E-state index in [-0.39, 0.29) is 10.6 Å². The van der Waals surface area contributed by atoms with Gasteiger partial charge in [-0.2, -0.15) is 0 Å². The third kappa shape index (κ3) is 5.98. The maximum absolute atomic E-state index is 11.7. The molecule has 1 unspecified atom stereocenters. The van der Waals surface area contributed by atoms with E-state index in [2.05, 4.69) is 15.9 Å². The zero-order valence-corrected chi connectivity index (χ0v) is 11.7. The summed E-state index contributed by atoms with van der Waals surface area (Å²) in [6, 6.07) is 0. The van der Waals surface area contributed by atoms with Crippen LogP contribution in [0.15, 0.2) is 0 Å². The first-order valence-electron chi connectivity index (χ1n) is 4.83. The number of hydrogen-bond acceptors (Lipinski definition) is 2. The molecular formula is C9H20BrNO2S. The van der Waals surface area contributed by atoms with Crippen LogP contribution in [0.4, 0.5) is 0 Å². The van der Waals surface area contributed by atoms with Gasteiger partial charge < -0.3 is 0 Å². The van der Waals surface area contributed by atoms with Crippen molar-refractivity contribution in [3.63, 3.8) is 0 Å². The van der Waals surface area contributed by atoms with Crippen LogP contribution in [0, 0.1) is 5.92 Å². The molecular weight excluding hydrogens is 266 g/mol. The molecule has 5 heteroatoms. The molecule has 0 fully saturated rings. The Kier molecular flexibility index (Phi) is 6.25. The van der Waals surface area contributed by atoms with Gasteiger partial charge in [-0.3, -0.25) is 0 Å². The lowest BCUT2D eigenvalue weighted by Gasteiger charge is -2.18. The van der Waals surface area contributed by atoms with Crippen LogP contribution in [0.2, 0.25) is 0 Å². The minimum Gasteiger partial charge on any atom is -0.212 e. The van der Waals surface area contributed by atoms with Crippen LogP contribution in [-0.4, -0.2) is 36.9 Å². The van der Waals surface area contributed by atoms with Crippen LogP contribution in [0.5, 0.6) is 0 Å². The van der Waals surface area contributed by atoms with Crippen LogP contribution in [0.1, 0.15) is 27.2 Å². The van der Waals surface area contributed by atoms with Gasteiger partial charge in [0.25, 0.3) is 0 Å². The number of alkyl halides is 1. The summed E-state index contributed by atoms with van der Waals surface area (Å²) in [5.74, 6) is 0.681. The predicted molar refractivity (Wildman–Crippen MR) is 64.3 cm³/mol. The number of nitrogens with zero attached hydrogens (tertiary/aromatic N) is 1. The van der Waals surface area contributed by atoms with E-state index in [9.17, 15) is 8.42 Å². The second kappa shape index (κ2) is 6.08. The lowest BCUT2D eigenvalue weighted by Crippen LogP contribution is -2.33. The Labute approximate surface area is 96.0 Å². The first-order chi connectivity index (χ1) is 6.25. The number of sulfonamides is 1. The van der Waals surface area contributed by atoms with E-state index < -0.39 is 10.0 Å². The molecule has 0 bridgehead atoms. The monoisotopic (exact) mass is 285 g/mol. The van der Waals surface area contributed by atoms with E-state index in [4.69, 9.17) is 0 Å². The maximum Gasteiger partial charge on any atom is 0.213 e. The molecule has 0 N–H and O–H groups in total. The summed E-state index contributed by atoms with van der Waals surface area (Å²) in [5, 5.41) is 0. The SMILES string of the molecule is CC(C)CCS(=O)(=O)N(C)CC(C)Br. The Morgan fingerprint density at radius 3 is 2.14 bits per heavy atom. The van der Waals surface area contributed by atoms with Crippen molar-refractivity contribution < 1.29 is 8.42 Å². The second-order valence-electron chi connectivity index (χ2n) is 4.06. The largest absolute Gasteiger partial charge is 0.213 e. The molecule has 0 saturated heterocycles. The van der Waals surface area contributed by atoms with Crippen LogP contribution in [0.25, 0.3) is 0 Å². The zero-order chi connectivity index (χ0) is 11.4. The quantitative estimate of drug-likeness (QED) is 0.701. The summed E-state index contributed by atoms with van der Waals surface area (Å²) >= 11 is 3.34. The second-order valence-corrected chi connectivity index (χ2v) is 7.82. The Hall–Kier alpha value is 0.390. The van der Waals surface area contributed by atoms with Crippen molar-refractivity contribution in [1.29, 1.82) is 0 Å². The molecule has 0 heterocycles. The van der Waals surface area contributed by atoms with Crippen molar-refractivity contribution in [1.82, 2.24) is 4.31 Å². The van der Waals surface area contributed by atoms with Gasteiger partial charge in [0.05, 0.1) is 5.75 Å². The first kappa shape index (κ1) is 14.4. The van der Waals surface area contributed by atoms with Gasteiger partial charge in [-0.15, -0.1) is 0 Å². The van der Waals surface area contributed by atoms with Gasteiger partial charge in [-0.05, 0) is 12.3 Å². The Bertz CT molecular complexity index is 250. The molecule has 3 nitrogen and oxygen atoms in total. The molecule has 0 aromatic rings. The van der Waals surface area contributed by atoms with Gasteiger partial charge in [0, 0.05) is 18.4 Å². The average molecular weight is 286 g/mol. The maximum atomic E-state index is 11.7. The van der Waals surface area contributed by atoms with Crippen molar-refractivity contribution in [2.75, 3.05) is 19.3 Å². The minimum atomic E-state index is -3.05. The molecule has 0 rings (SSSR count). The third-order valence-electron chi connectivity index (χ3n) is 1.94. The van der Waals surface area contributed by atoms with Crippen molar-refractivity contribution >= 4 is 26.0 Å². The molecule has 0 aliphatic heterocycles. The Morgan fingerprint density at radius 1 is 1.29 bits per heavy atom. The van der Waals surface area contributed by atoms with Crippen LogP contribution >= 0.6 is 15.9 Å². The summed E-state index contributed by atoms with van der Waals surface area (Å²) in [6.45, 7) is 6.53. The van der Waals surface area contributed by atoms with Crippen LogP contribution in [-0.2, 0) is 10.0 Å². The standard InChI is InChI=1S/C9H20BrNO2S/c1-8(2)5-6-14(12,13)11(4)7-9(3)10/h8-9H,5-7H2,1-4H3. The summed E-state index contributed by atoms with van der Waals surface area (Å²) < 4.78 is 24.8. The highest BCUT2D eigenvalue weighted by Gasteiger charge is 2.18. The molecule has 0 aromatic heterocycles. The molecule has 0 radical (unpaired) electrons. The van der Waals surface area contributed by atoms with Gasteiger partial charge in [0.1, 0.15) is 0 Å². The highest BCUT2D eigenvalue weighted by molar-refractivity contribution is 9.09. The van der Waals surface area contributed by atoms with Gasteiger partial charge in [-0.1, -0.05) is 36.7 Å². The highest BCUT2D eigenvalue weighted by atomic mass is 79.9. The van der Waals surface area contributed by atoms with Crippen molar-refractivity contribution in [2.24, 2.45) is 5.92 Å². The lowest BCUT2D eigenvalue weighted by molar-refractivity contribution is 0.467. The number of hydrogen-bond donors (Lipinski definition) is 0. The minimum absolute atomic E-state index is 0.196. The van der Waals surface area contributed by atoms with E-state index in [1.807, 2.05) is 20.8 Å². The van der Waals surface area contributed by atoms with Gasteiger partial charge in [0.2, 0.25) is 10.0 Å². The highest BCUT2D eigenvalue weighted by Crippen LogP contribution is 2.09. The fourth-order valence-electron chi connectivity index (χ4n) is 1.01.